The minimum absolute atomic E-state index is 0.200. The van der Waals surface area contributed by atoms with Crippen LogP contribution < -0.4 is 0 Å². The lowest BCUT2D eigenvalue weighted by Gasteiger charge is -2.00. The molecule has 108 valence electrons. The van der Waals surface area contributed by atoms with Gasteiger partial charge in [0.2, 0.25) is 9.84 Å². The monoisotopic (exact) mass is 302 g/mol. The number of hydrogen-bond acceptors (Lipinski definition) is 4. The lowest BCUT2D eigenvalue weighted by molar-refractivity contribution is -0.137. The minimum atomic E-state index is -4.04. The topological polar surface area (TPSA) is 60.4 Å². The SMILES string of the molecule is CCOC(=O)/C=C/C=C/S(=O)(=O)c1ccc(F)cc1F. The Morgan fingerprint density at radius 2 is 2.00 bits per heavy atom. The lowest BCUT2D eigenvalue weighted by atomic mass is 10.3. The fourth-order valence-corrected chi connectivity index (χ4v) is 2.29. The van der Waals surface area contributed by atoms with Crippen molar-refractivity contribution in [3.05, 3.63) is 53.5 Å². The predicted octanol–water partition coefficient (Wildman–Crippen LogP) is 2.37. The zero-order valence-corrected chi connectivity index (χ0v) is 11.4. The average Bonchev–Trinajstić information content (AvgIpc) is 2.34. The maximum Gasteiger partial charge on any atom is 0.330 e. The minimum Gasteiger partial charge on any atom is -0.463 e. The van der Waals surface area contributed by atoms with Gasteiger partial charge in [-0.3, -0.25) is 0 Å². The third-order valence-electron chi connectivity index (χ3n) is 2.09. The second-order valence-electron chi connectivity index (χ2n) is 3.56. The first-order chi connectivity index (χ1) is 9.36. The standard InChI is InChI=1S/C13H12F2O4S/c1-2-19-13(16)5-3-4-8-20(17,18)12-7-6-10(14)9-11(12)15/h3-9H,2H2,1H3/b5-3+,8-4+. The molecule has 0 bridgehead atoms. The molecule has 0 aliphatic heterocycles. The van der Waals surface area contributed by atoms with Crippen LogP contribution in [0, 0.1) is 11.6 Å². The third kappa shape index (κ3) is 4.58. The molecule has 0 atom stereocenters. The molecule has 1 rings (SSSR count). The van der Waals surface area contributed by atoms with Crippen molar-refractivity contribution in [2.24, 2.45) is 0 Å². The van der Waals surface area contributed by atoms with Gasteiger partial charge in [-0.15, -0.1) is 0 Å². The summed E-state index contributed by atoms with van der Waals surface area (Å²) in [5.74, 6) is -2.67. The number of allylic oxidation sites excluding steroid dienone is 2. The molecule has 7 heteroatoms. The summed E-state index contributed by atoms with van der Waals surface area (Å²) in [5.41, 5.74) is 0. The molecule has 0 heterocycles. The van der Waals surface area contributed by atoms with E-state index in [0.717, 1.165) is 30.4 Å². The number of carbonyl (C=O) groups excluding carboxylic acids is 1. The van der Waals surface area contributed by atoms with E-state index >= 15 is 0 Å². The molecule has 0 aromatic heterocycles. The Hall–Kier alpha value is -2.02. The van der Waals surface area contributed by atoms with Gasteiger partial charge in [-0.05, 0) is 19.1 Å². The van der Waals surface area contributed by atoms with Crippen molar-refractivity contribution in [2.45, 2.75) is 11.8 Å². The maximum atomic E-state index is 13.3. The molecule has 1 aromatic rings. The van der Waals surface area contributed by atoms with Gasteiger partial charge >= 0.3 is 5.97 Å². The summed E-state index contributed by atoms with van der Waals surface area (Å²) in [4.78, 5) is 10.3. The van der Waals surface area contributed by atoms with Gasteiger partial charge in [0.15, 0.2) is 0 Å². The molecule has 0 aliphatic rings. The average molecular weight is 302 g/mol. The van der Waals surface area contributed by atoms with Crippen LogP contribution in [0.25, 0.3) is 0 Å². The first kappa shape index (κ1) is 16.0. The van der Waals surface area contributed by atoms with Crippen LogP contribution in [0.3, 0.4) is 0 Å². The van der Waals surface area contributed by atoms with Crippen molar-refractivity contribution >= 4 is 15.8 Å². The second kappa shape index (κ2) is 6.95. The molecule has 0 saturated carbocycles. The van der Waals surface area contributed by atoms with Crippen LogP contribution in [0.4, 0.5) is 8.78 Å². The smallest absolute Gasteiger partial charge is 0.330 e. The van der Waals surface area contributed by atoms with E-state index in [0.29, 0.717) is 11.5 Å². The zero-order valence-electron chi connectivity index (χ0n) is 10.5. The highest BCUT2D eigenvalue weighted by Crippen LogP contribution is 2.17. The Morgan fingerprint density at radius 3 is 2.60 bits per heavy atom. The number of halogens is 2. The van der Waals surface area contributed by atoms with Gasteiger partial charge < -0.3 is 4.74 Å². The molecular formula is C13H12F2O4S. The summed E-state index contributed by atoms with van der Waals surface area (Å²) in [6.07, 6.45) is 3.22. The first-order valence-electron chi connectivity index (χ1n) is 5.58. The van der Waals surface area contributed by atoms with E-state index in [1.54, 1.807) is 6.92 Å². The van der Waals surface area contributed by atoms with Crippen LogP contribution in [-0.2, 0) is 19.4 Å². The number of ether oxygens (including phenoxy) is 1. The number of rotatable bonds is 5. The summed E-state index contributed by atoms with van der Waals surface area (Å²) in [6.45, 7) is 1.83. The van der Waals surface area contributed by atoms with Crippen LogP contribution >= 0.6 is 0 Å². The van der Waals surface area contributed by atoms with Crippen molar-refractivity contribution in [1.29, 1.82) is 0 Å². The molecule has 1 aromatic carbocycles. The van der Waals surface area contributed by atoms with Crippen molar-refractivity contribution in [3.63, 3.8) is 0 Å². The highest BCUT2D eigenvalue weighted by atomic mass is 32.2. The van der Waals surface area contributed by atoms with Gasteiger partial charge in [0.25, 0.3) is 0 Å². The third-order valence-corrected chi connectivity index (χ3v) is 3.55. The molecule has 0 N–H and O–H groups in total. The van der Waals surface area contributed by atoms with Gasteiger partial charge in [-0.25, -0.2) is 22.0 Å². The molecule has 0 unspecified atom stereocenters. The quantitative estimate of drug-likeness (QED) is 0.362. The number of sulfone groups is 1. The molecule has 0 radical (unpaired) electrons. The predicted molar refractivity (Wildman–Crippen MR) is 68.5 cm³/mol. The highest BCUT2D eigenvalue weighted by Gasteiger charge is 2.16. The van der Waals surface area contributed by atoms with Crippen LogP contribution in [0.5, 0.6) is 0 Å². The van der Waals surface area contributed by atoms with E-state index in [4.69, 9.17) is 0 Å². The summed E-state index contributed by atoms with van der Waals surface area (Å²) >= 11 is 0. The first-order valence-corrected chi connectivity index (χ1v) is 7.13. The van der Waals surface area contributed by atoms with Gasteiger partial charge in [0, 0.05) is 17.6 Å². The van der Waals surface area contributed by atoms with Crippen molar-refractivity contribution in [1.82, 2.24) is 0 Å². The van der Waals surface area contributed by atoms with Crippen LogP contribution in [0.2, 0.25) is 0 Å². The molecular weight excluding hydrogens is 290 g/mol. The van der Waals surface area contributed by atoms with Gasteiger partial charge in [-0.2, -0.15) is 0 Å². The van der Waals surface area contributed by atoms with Crippen LogP contribution in [-0.4, -0.2) is 21.0 Å². The highest BCUT2D eigenvalue weighted by molar-refractivity contribution is 7.94. The Kier molecular flexibility index (Phi) is 5.57. The lowest BCUT2D eigenvalue weighted by Crippen LogP contribution is -2.00. The molecule has 0 fully saturated rings. The molecule has 0 saturated heterocycles. The molecule has 0 amide bonds. The summed E-state index contributed by atoms with van der Waals surface area (Å²) < 4.78 is 54.1. The Morgan fingerprint density at radius 1 is 1.30 bits per heavy atom. The number of carbonyl (C=O) groups is 1. The van der Waals surface area contributed by atoms with Crippen LogP contribution in [0.15, 0.2) is 46.7 Å². The largest absolute Gasteiger partial charge is 0.463 e. The summed E-state index contributed by atoms with van der Waals surface area (Å²) in [7, 11) is -4.04. The van der Waals surface area contributed by atoms with E-state index in [1.165, 1.54) is 0 Å². The molecule has 20 heavy (non-hydrogen) atoms. The van der Waals surface area contributed by atoms with E-state index in [2.05, 4.69) is 4.74 Å². The van der Waals surface area contributed by atoms with Crippen molar-refractivity contribution in [3.8, 4) is 0 Å². The van der Waals surface area contributed by atoms with Crippen molar-refractivity contribution in [2.75, 3.05) is 6.61 Å². The van der Waals surface area contributed by atoms with E-state index in [9.17, 15) is 22.0 Å². The van der Waals surface area contributed by atoms with E-state index in [-0.39, 0.29) is 6.61 Å². The second-order valence-corrected chi connectivity index (χ2v) is 5.36. The van der Waals surface area contributed by atoms with Gasteiger partial charge in [0.05, 0.1) is 6.61 Å². The Labute approximate surface area is 115 Å². The van der Waals surface area contributed by atoms with Crippen LogP contribution in [0.1, 0.15) is 6.92 Å². The summed E-state index contributed by atoms with van der Waals surface area (Å²) in [5, 5.41) is 0.707. The Bertz CT molecular complexity index is 648. The Balaban J connectivity index is 2.87. The van der Waals surface area contributed by atoms with Gasteiger partial charge in [-0.1, -0.05) is 12.2 Å². The van der Waals surface area contributed by atoms with Gasteiger partial charge in [0.1, 0.15) is 16.5 Å². The summed E-state index contributed by atoms with van der Waals surface area (Å²) in [6, 6.07) is 2.16. The number of benzene rings is 1. The fraction of sp³-hybridized carbons (Fsp3) is 0.154. The van der Waals surface area contributed by atoms with E-state index in [1.807, 2.05) is 0 Å². The van der Waals surface area contributed by atoms with E-state index < -0.39 is 32.3 Å². The molecule has 0 spiro atoms. The molecule has 4 nitrogen and oxygen atoms in total. The zero-order chi connectivity index (χ0) is 15.2. The normalized spacial score (nSPS) is 12.2. The maximum absolute atomic E-state index is 13.3. The fourth-order valence-electron chi connectivity index (χ4n) is 1.25. The number of hydrogen-bond donors (Lipinski definition) is 0. The molecule has 0 aliphatic carbocycles. The van der Waals surface area contributed by atoms with Crippen molar-refractivity contribution < 1.29 is 26.7 Å². The number of esters is 1.